The smallest absolute Gasteiger partial charge is 0.335 e. The molecule has 1 aromatic carbocycles. The maximum absolute atomic E-state index is 10.8. The van der Waals surface area contributed by atoms with Crippen molar-refractivity contribution in [3.63, 3.8) is 0 Å². The molecular formula is C11H12N2O3. The summed E-state index contributed by atoms with van der Waals surface area (Å²) in [5, 5.41) is 17.6. The predicted octanol–water partition coefficient (Wildman–Crippen LogP) is 1.12. The fourth-order valence-corrected chi connectivity index (χ4v) is 1.61. The van der Waals surface area contributed by atoms with Gasteiger partial charge in [-0.05, 0) is 24.6 Å². The molecule has 5 nitrogen and oxygen atoms in total. The molecule has 0 saturated carbocycles. The number of aromatic nitrogens is 2. The number of carbonyl (C=O) groups is 1. The van der Waals surface area contributed by atoms with Crippen molar-refractivity contribution < 1.29 is 15.0 Å². The third-order valence-corrected chi connectivity index (χ3v) is 2.43. The lowest BCUT2D eigenvalue weighted by atomic mass is 10.2. The second kappa shape index (κ2) is 4.32. The standard InChI is InChI=1S/C11H12N2O3/c14-5-1-4-13-7-12-9-3-2-8(11(15)16)6-10(9)13/h2-3,6-7,14H,1,4-5H2,(H,15,16). The summed E-state index contributed by atoms with van der Waals surface area (Å²) in [6, 6.07) is 4.82. The van der Waals surface area contributed by atoms with E-state index in [2.05, 4.69) is 4.98 Å². The van der Waals surface area contributed by atoms with Gasteiger partial charge in [-0.1, -0.05) is 0 Å². The van der Waals surface area contributed by atoms with Gasteiger partial charge in [-0.15, -0.1) is 0 Å². The van der Waals surface area contributed by atoms with E-state index < -0.39 is 5.97 Å². The molecule has 5 heteroatoms. The minimum absolute atomic E-state index is 0.109. The fourth-order valence-electron chi connectivity index (χ4n) is 1.61. The first-order chi connectivity index (χ1) is 7.72. The first-order valence-corrected chi connectivity index (χ1v) is 5.01. The van der Waals surface area contributed by atoms with Crippen LogP contribution in [-0.2, 0) is 6.54 Å². The lowest BCUT2D eigenvalue weighted by Crippen LogP contribution is -2.00. The van der Waals surface area contributed by atoms with Gasteiger partial charge < -0.3 is 14.8 Å². The lowest BCUT2D eigenvalue weighted by molar-refractivity contribution is 0.0697. The molecule has 0 saturated heterocycles. The van der Waals surface area contributed by atoms with Crippen molar-refractivity contribution in [2.24, 2.45) is 0 Å². The molecule has 2 aromatic rings. The van der Waals surface area contributed by atoms with Crippen molar-refractivity contribution in [1.29, 1.82) is 0 Å². The van der Waals surface area contributed by atoms with Gasteiger partial charge in [0.05, 0.1) is 22.9 Å². The largest absolute Gasteiger partial charge is 0.478 e. The molecule has 0 aliphatic carbocycles. The van der Waals surface area contributed by atoms with Gasteiger partial charge in [0.1, 0.15) is 0 Å². The Hall–Kier alpha value is -1.88. The Labute approximate surface area is 92.0 Å². The molecule has 2 rings (SSSR count). The number of aliphatic hydroxyl groups is 1. The van der Waals surface area contributed by atoms with E-state index in [-0.39, 0.29) is 12.2 Å². The van der Waals surface area contributed by atoms with E-state index in [1.54, 1.807) is 18.5 Å². The summed E-state index contributed by atoms with van der Waals surface area (Å²) in [4.78, 5) is 15.0. The van der Waals surface area contributed by atoms with Crippen LogP contribution in [0.15, 0.2) is 24.5 Å². The van der Waals surface area contributed by atoms with E-state index in [9.17, 15) is 4.79 Å². The van der Waals surface area contributed by atoms with Crippen LogP contribution in [0.2, 0.25) is 0 Å². The minimum Gasteiger partial charge on any atom is -0.478 e. The topological polar surface area (TPSA) is 75.3 Å². The number of fused-ring (bicyclic) bond motifs is 1. The van der Waals surface area contributed by atoms with Crippen LogP contribution >= 0.6 is 0 Å². The van der Waals surface area contributed by atoms with Gasteiger partial charge in [0.15, 0.2) is 0 Å². The van der Waals surface area contributed by atoms with Crippen LogP contribution in [0.3, 0.4) is 0 Å². The monoisotopic (exact) mass is 220 g/mol. The number of aryl methyl sites for hydroxylation is 1. The van der Waals surface area contributed by atoms with Gasteiger partial charge in [0.25, 0.3) is 0 Å². The highest BCUT2D eigenvalue weighted by molar-refractivity contribution is 5.92. The van der Waals surface area contributed by atoms with Crippen molar-refractivity contribution in [3.8, 4) is 0 Å². The van der Waals surface area contributed by atoms with E-state index >= 15 is 0 Å². The Morgan fingerprint density at radius 2 is 2.25 bits per heavy atom. The number of hydrogen-bond acceptors (Lipinski definition) is 3. The van der Waals surface area contributed by atoms with Crippen LogP contribution in [0.1, 0.15) is 16.8 Å². The van der Waals surface area contributed by atoms with Crippen LogP contribution < -0.4 is 0 Å². The molecule has 16 heavy (non-hydrogen) atoms. The molecule has 0 radical (unpaired) electrons. The second-order valence-corrected chi connectivity index (χ2v) is 3.52. The minimum atomic E-state index is -0.947. The van der Waals surface area contributed by atoms with Gasteiger partial charge in [-0.25, -0.2) is 9.78 Å². The van der Waals surface area contributed by atoms with Crippen molar-refractivity contribution in [2.75, 3.05) is 6.61 Å². The molecule has 0 aliphatic rings. The van der Waals surface area contributed by atoms with E-state index in [1.807, 2.05) is 4.57 Å². The number of nitrogens with zero attached hydrogens (tertiary/aromatic N) is 2. The zero-order valence-corrected chi connectivity index (χ0v) is 8.63. The Morgan fingerprint density at radius 1 is 1.44 bits per heavy atom. The molecule has 1 heterocycles. The average molecular weight is 220 g/mol. The van der Waals surface area contributed by atoms with E-state index in [1.165, 1.54) is 6.07 Å². The molecule has 0 bridgehead atoms. The average Bonchev–Trinajstić information content (AvgIpc) is 2.68. The molecule has 0 fully saturated rings. The summed E-state index contributed by atoms with van der Waals surface area (Å²) in [6.07, 6.45) is 2.29. The summed E-state index contributed by atoms with van der Waals surface area (Å²) in [5.74, 6) is -0.947. The first kappa shape index (κ1) is 10.6. The Balaban J connectivity index is 2.43. The molecule has 0 unspecified atom stereocenters. The van der Waals surface area contributed by atoms with Crippen molar-refractivity contribution in [1.82, 2.24) is 9.55 Å². The number of aliphatic hydroxyl groups excluding tert-OH is 1. The van der Waals surface area contributed by atoms with Crippen LogP contribution in [0.25, 0.3) is 11.0 Å². The summed E-state index contributed by atoms with van der Waals surface area (Å²) in [5.41, 5.74) is 1.80. The number of aromatic carboxylic acids is 1. The Morgan fingerprint density at radius 3 is 2.94 bits per heavy atom. The molecule has 0 amide bonds. The lowest BCUT2D eigenvalue weighted by Gasteiger charge is -2.02. The van der Waals surface area contributed by atoms with Crippen molar-refractivity contribution in [3.05, 3.63) is 30.1 Å². The number of carboxylic acids is 1. The van der Waals surface area contributed by atoms with Gasteiger partial charge in [-0.3, -0.25) is 0 Å². The maximum Gasteiger partial charge on any atom is 0.335 e. The molecule has 1 aromatic heterocycles. The molecule has 84 valence electrons. The van der Waals surface area contributed by atoms with Gasteiger partial charge in [0, 0.05) is 13.2 Å². The highest BCUT2D eigenvalue weighted by Gasteiger charge is 2.07. The third kappa shape index (κ3) is 1.90. The van der Waals surface area contributed by atoms with Crippen LogP contribution in [0.5, 0.6) is 0 Å². The highest BCUT2D eigenvalue weighted by atomic mass is 16.4. The number of benzene rings is 1. The predicted molar refractivity (Wildman–Crippen MR) is 58.4 cm³/mol. The van der Waals surface area contributed by atoms with Crippen LogP contribution in [-0.4, -0.2) is 32.3 Å². The zero-order valence-electron chi connectivity index (χ0n) is 8.63. The zero-order chi connectivity index (χ0) is 11.5. The van der Waals surface area contributed by atoms with E-state index in [0.717, 1.165) is 11.0 Å². The van der Waals surface area contributed by atoms with Crippen LogP contribution in [0, 0.1) is 0 Å². The normalized spacial score (nSPS) is 10.8. The Kier molecular flexibility index (Phi) is 2.87. The maximum atomic E-state index is 10.8. The van der Waals surface area contributed by atoms with Crippen molar-refractivity contribution >= 4 is 17.0 Å². The third-order valence-electron chi connectivity index (χ3n) is 2.43. The number of carboxylic acid groups (broad SMARTS) is 1. The highest BCUT2D eigenvalue weighted by Crippen LogP contribution is 2.15. The quantitative estimate of drug-likeness (QED) is 0.809. The molecular weight excluding hydrogens is 208 g/mol. The number of rotatable bonds is 4. The summed E-state index contributed by atoms with van der Waals surface area (Å²) >= 11 is 0. The summed E-state index contributed by atoms with van der Waals surface area (Å²) < 4.78 is 1.85. The van der Waals surface area contributed by atoms with Gasteiger partial charge in [0.2, 0.25) is 0 Å². The SMILES string of the molecule is O=C(O)c1ccc2ncn(CCCO)c2c1. The summed E-state index contributed by atoms with van der Waals surface area (Å²) in [7, 11) is 0. The Bertz CT molecular complexity index is 519. The van der Waals surface area contributed by atoms with E-state index in [0.29, 0.717) is 13.0 Å². The molecule has 2 N–H and O–H groups in total. The molecule has 0 atom stereocenters. The summed E-state index contributed by atoms with van der Waals surface area (Å²) in [6.45, 7) is 0.744. The fraction of sp³-hybridized carbons (Fsp3) is 0.273. The second-order valence-electron chi connectivity index (χ2n) is 3.52. The van der Waals surface area contributed by atoms with Crippen LogP contribution in [0.4, 0.5) is 0 Å². The first-order valence-electron chi connectivity index (χ1n) is 5.01. The number of hydrogen-bond donors (Lipinski definition) is 2. The molecule has 0 aliphatic heterocycles. The van der Waals surface area contributed by atoms with E-state index in [4.69, 9.17) is 10.2 Å². The van der Waals surface area contributed by atoms with Gasteiger partial charge >= 0.3 is 5.97 Å². The molecule has 0 spiro atoms. The van der Waals surface area contributed by atoms with Crippen molar-refractivity contribution in [2.45, 2.75) is 13.0 Å². The van der Waals surface area contributed by atoms with Gasteiger partial charge in [-0.2, -0.15) is 0 Å². The number of imidazole rings is 1.